The first-order valence-corrected chi connectivity index (χ1v) is 10.5. The van der Waals surface area contributed by atoms with Gasteiger partial charge in [-0.15, -0.1) is 0 Å². The first-order valence-electron chi connectivity index (χ1n) is 10.5. The summed E-state index contributed by atoms with van der Waals surface area (Å²) >= 11 is 0. The van der Waals surface area contributed by atoms with Crippen LogP contribution in [-0.4, -0.2) is 6.61 Å². The van der Waals surface area contributed by atoms with Gasteiger partial charge in [-0.05, 0) is 35.1 Å². The molecule has 0 fully saturated rings. The van der Waals surface area contributed by atoms with Gasteiger partial charge in [0.1, 0.15) is 5.75 Å². The molecule has 0 saturated heterocycles. The molecular formula is C27H33NO. The molecule has 0 aliphatic heterocycles. The van der Waals surface area contributed by atoms with Crippen molar-refractivity contribution in [1.29, 1.82) is 0 Å². The van der Waals surface area contributed by atoms with Gasteiger partial charge in [0, 0.05) is 24.6 Å². The highest BCUT2D eigenvalue weighted by molar-refractivity contribution is 5.36. The zero-order valence-corrected chi connectivity index (χ0v) is 18.1. The highest BCUT2D eigenvalue weighted by atomic mass is 16.5. The van der Waals surface area contributed by atoms with E-state index in [4.69, 9.17) is 4.74 Å². The van der Waals surface area contributed by atoms with Crippen LogP contribution in [0.1, 0.15) is 56.0 Å². The topological polar surface area (TPSA) is 21.3 Å². The van der Waals surface area contributed by atoms with Crippen molar-refractivity contribution in [3.63, 3.8) is 0 Å². The second-order valence-electron chi connectivity index (χ2n) is 8.67. The summed E-state index contributed by atoms with van der Waals surface area (Å²) in [5, 5.41) is 3.64. The summed E-state index contributed by atoms with van der Waals surface area (Å²) in [5.74, 6) is 0.964. The minimum absolute atomic E-state index is 0.190. The van der Waals surface area contributed by atoms with E-state index in [-0.39, 0.29) is 11.5 Å². The number of hydrogen-bond acceptors (Lipinski definition) is 2. The lowest BCUT2D eigenvalue weighted by atomic mass is 9.87. The van der Waals surface area contributed by atoms with Crippen LogP contribution in [0, 0.1) is 0 Å². The van der Waals surface area contributed by atoms with Crippen LogP contribution in [0.3, 0.4) is 0 Å². The van der Waals surface area contributed by atoms with Crippen LogP contribution in [0.4, 0.5) is 0 Å². The Bertz CT molecular complexity index is 878. The third-order valence-electron chi connectivity index (χ3n) is 5.31. The lowest BCUT2D eigenvalue weighted by Gasteiger charge is -2.20. The smallest absolute Gasteiger partial charge is 0.124 e. The van der Waals surface area contributed by atoms with Gasteiger partial charge >= 0.3 is 0 Å². The minimum Gasteiger partial charge on any atom is -0.493 e. The summed E-state index contributed by atoms with van der Waals surface area (Å²) in [6, 6.07) is 28.0. The Labute approximate surface area is 175 Å². The Morgan fingerprint density at radius 1 is 0.793 bits per heavy atom. The maximum Gasteiger partial charge on any atom is 0.124 e. The van der Waals surface area contributed by atoms with Gasteiger partial charge < -0.3 is 10.1 Å². The first kappa shape index (κ1) is 21.1. The first-order chi connectivity index (χ1) is 13.9. The normalized spacial score (nSPS) is 12.6. The molecule has 0 saturated carbocycles. The van der Waals surface area contributed by atoms with Gasteiger partial charge in [-0.25, -0.2) is 0 Å². The summed E-state index contributed by atoms with van der Waals surface area (Å²) < 4.78 is 6.13. The third-order valence-corrected chi connectivity index (χ3v) is 5.31. The van der Waals surface area contributed by atoms with Crippen molar-refractivity contribution in [2.75, 3.05) is 6.61 Å². The molecule has 3 aromatic carbocycles. The predicted octanol–water partition coefficient (Wildman–Crippen LogP) is 6.46. The summed E-state index contributed by atoms with van der Waals surface area (Å²) in [6.07, 6.45) is 0.914. The van der Waals surface area contributed by atoms with Crippen molar-refractivity contribution in [1.82, 2.24) is 5.32 Å². The fourth-order valence-electron chi connectivity index (χ4n) is 3.40. The molecule has 3 aromatic rings. The third kappa shape index (κ3) is 6.20. The SMILES string of the molecule is CC(NCc1ccc(C(C)(C)C)cc1)c1ccccc1OCCc1ccccc1. The fourth-order valence-corrected chi connectivity index (χ4v) is 3.40. The highest BCUT2D eigenvalue weighted by Gasteiger charge is 2.14. The van der Waals surface area contributed by atoms with E-state index in [9.17, 15) is 0 Å². The van der Waals surface area contributed by atoms with Crippen LogP contribution in [0.15, 0.2) is 78.9 Å². The zero-order chi connectivity index (χ0) is 20.7. The molecule has 0 heterocycles. The molecule has 0 amide bonds. The Morgan fingerprint density at radius 3 is 2.14 bits per heavy atom. The van der Waals surface area contributed by atoms with Gasteiger partial charge in [0.05, 0.1) is 6.61 Å². The summed E-state index contributed by atoms with van der Waals surface area (Å²) in [4.78, 5) is 0. The lowest BCUT2D eigenvalue weighted by Crippen LogP contribution is -2.19. The number of hydrogen-bond donors (Lipinski definition) is 1. The van der Waals surface area contributed by atoms with Crippen LogP contribution in [0.5, 0.6) is 5.75 Å². The minimum atomic E-state index is 0.190. The second kappa shape index (κ2) is 9.76. The van der Waals surface area contributed by atoms with Gasteiger partial charge in [0.15, 0.2) is 0 Å². The van der Waals surface area contributed by atoms with Crippen molar-refractivity contribution >= 4 is 0 Å². The van der Waals surface area contributed by atoms with Gasteiger partial charge in [0.2, 0.25) is 0 Å². The molecule has 0 spiro atoms. The number of rotatable bonds is 8. The molecule has 1 unspecified atom stereocenters. The van der Waals surface area contributed by atoms with Crippen molar-refractivity contribution in [2.24, 2.45) is 0 Å². The zero-order valence-electron chi connectivity index (χ0n) is 18.1. The molecular weight excluding hydrogens is 354 g/mol. The molecule has 1 atom stereocenters. The van der Waals surface area contributed by atoms with Gasteiger partial charge in [-0.2, -0.15) is 0 Å². The van der Waals surface area contributed by atoms with E-state index in [1.54, 1.807) is 0 Å². The molecule has 0 radical (unpaired) electrons. The van der Waals surface area contributed by atoms with E-state index in [0.29, 0.717) is 6.61 Å². The van der Waals surface area contributed by atoms with E-state index in [1.807, 2.05) is 12.1 Å². The average molecular weight is 388 g/mol. The maximum atomic E-state index is 6.13. The molecule has 0 aliphatic rings. The quantitative estimate of drug-likeness (QED) is 0.479. The molecule has 1 N–H and O–H groups in total. The average Bonchev–Trinajstić information content (AvgIpc) is 2.73. The molecule has 0 bridgehead atoms. The van der Waals surface area contributed by atoms with Crippen molar-refractivity contribution in [2.45, 2.75) is 52.1 Å². The predicted molar refractivity (Wildman–Crippen MR) is 122 cm³/mol. The van der Waals surface area contributed by atoms with E-state index < -0.39 is 0 Å². The maximum absolute atomic E-state index is 6.13. The van der Waals surface area contributed by atoms with Gasteiger partial charge in [-0.3, -0.25) is 0 Å². The van der Waals surface area contributed by atoms with Crippen molar-refractivity contribution in [3.05, 3.63) is 101 Å². The summed E-state index contributed by atoms with van der Waals surface area (Å²) in [7, 11) is 0. The summed E-state index contributed by atoms with van der Waals surface area (Å²) in [5.41, 5.74) is 5.36. The molecule has 0 aliphatic carbocycles. The number of ether oxygens (including phenoxy) is 1. The molecule has 0 aromatic heterocycles. The number of benzene rings is 3. The van der Waals surface area contributed by atoms with E-state index in [1.165, 1.54) is 22.3 Å². The highest BCUT2D eigenvalue weighted by Crippen LogP contribution is 2.26. The van der Waals surface area contributed by atoms with E-state index >= 15 is 0 Å². The van der Waals surface area contributed by atoms with E-state index in [2.05, 4.69) is 99.7 Å². The van der Waals surface area contributed by atoms with Gasteiger partial charge in [-0.1, -0.05) is 93.6 Å². The monoisotopic (exact) mass is 387 g/mol. The fraction of sp³-hybridized carbons (Fsp3) is 0.333. The van der Waals surface area contributed by atoms with Crippen molar-refractivity contribution < 1.29 is 4.74 Å². The Kier molecular flexibility index (Phi) is 7.11. The second-order valence-corrected chi connectivity index (χ2v) is 8.67. The molecule has 152 valence electrons. The van der Waals surface area contributed by atoms with Crippen LogP contribution >= 0.6 is 0 Å². The Morgan fingerprint density at radius 2 is 1.45 bits per heavy atom. The molecule has 2 heteroatoms. The van der Waals surface area contributed by atoms with Crippen LogP contribution < -0.4 is 10.1 Å². The van der Waals surface area contributed by atoms with Crippen LogP contribution in [-0.2, 0) is 18.4 Å². The van der Waals surface area contributed by atoms with Gasteiger partial charge in [0.25, 0.3) is 0 Å². The Hall–Kier alpha value is -2.58. The number of nitrogens with one attached hydrogen (secondary N) is 1. The largest absolute Gasteiger partial charge is 0.493 e. The summed E-state index contributed by atoms with van der Waals surface area (Å²) in [6.45, 7) is 10.5. The number of para-hydroxylation sites is 1. The van der Waals surface area contributed by atoms with E-state index in [0.717, 1.165) is 18.7 Å². The standard InChI is InChI=1S/C27H33NO/c1-21(28-20-23-14-16-24(17-15-23)27(2,3)4)25-12-8-9-13-26(25)29-19-18-22-10-6-5-7-11-22/h5-17,21,28H,18-20H2,1-4H3. The van der Waals surface area contributed by atoms with Crippen molar-refractivity contribution in [3.8, 4) is 5.75 Å². The van der Waals surface area contributed by atoms with Crippen LogP contribution in [0.2, 0.25) is 0 Å². The Balaban J connectivity index is 1.57. The van der Waals surface area contributed by atoms with Crippen LogP contribution in [0.25, 0.3) is 0 Å². The molecule has 3 rings (SSSR count). The lowest BCUT2D eigenvalue weighted by molar-refractivity contribution is 0.315. The molecule has 29 heavy (non-hydrogen) atoms. The molecule has 2 nitrogen and oxygen atoms in total.